The van der Waals surface area contributed by atoms with Crippen LogP contribution in [0.2, 0.25) is 5.02 Å². The van der Waals surface area contributed by atoms with Gasteiger partial charge in [-0.25, -0.2) is 0 Å². The van der Waals surface area contributed by atoms with Gasteiger partial charge in [0.05, 0.1) is 5.52 Å². The van der Waals surface area contributed by atoms with E-state index in [-0.39, 0.29) is 0 Å². The number of benzene rings is 2. The van der Waals surface area contributed by atoms with E-state index in [0.717, 1.165) is 35.1 Å². The molecule has 0 saturated carbocycles. The van der Waals surface area contributed by atoms with Crippen LogP contribution in [0.1, 0.15) is 0 Å². The van der Waals surface area contributed by atoms with Crippen LogP contribution >= 0.6 is 11.6 Å². The van der Waals surface area contributed by atoms with Crippen molar-refractivity contribution in [2.75, 3.05) is 37.8 Å². The van der Waals surface area contributed by atoms with E-state index in [1.165, 1.54) is 0 Å². The van der Waals surface area contributed by atoms with Gasteiger partial charge in [0.25, 0.3) is 0 Å². The van der Waals surface area contributed by atoms with E-state index >= 15 is 0 Å². The summed E-state index contributed by atoms with van der Waals surface area (Å²) in [5.41, 5.74) is 2.73. The molecule has 4 rings (SSSR count). The number of aromatic nitrogens is 4. The second-order valence-electron chi connectivity index (χ2n) is 6.94. The molecule has 0 spiro atoms. The van der Waals surface area contributed by atoms with Gasteiger partial charge in [-0.1, -0.05) is 41.9 Å². The Morgan fingerprint density at radius 2 is 1.76 bits per heavy atom. The summed E-state index contributed by atoms with van der Waals surface area (Å²) in [5, 5.41) is 24.4. The van der Waals surface area contributed by atoms with Gasteiger partial charge in [-0.15, -0.1) is 10.2 Å². The maximum absolute atomic E-state index is 6.47. The van der Waals surface area contributed by atoms with Crippen molar-refractivity contribution in [2.45, 2.75) is 0 Å². The lowest BCUT2D eigenvalue weighted by Gasteiger charge is -2.15. The molecule has 0 aliphatic heterocycles. The van der Waals surface area contributed by atoms with Crippen LogP contribution in [0, 0.1) is 0 Å². The van der Waals surface area contributed by atoms with Gasteiger partial charge < -0.3 is 15.5 Å². The number of H-pyrrole nitrogens is 1. The lowest BCUT2D eigenvalue weighted by molar-refractivity contribution is 0.425. The molecule has 8 heteroatoms. The first-order valence-electron chi connectivity index (χ1n) is 9.33. The summed E-state index contributed by atoms with van der Waals surface area (Å²) >= 11 is 6.47. The molecule has 2 aromatic carbocycles. The van der Waals surface area contributed by atoms with Crippen molar-refractivity contribution in [1.29, 1.82) is 0 Å². The fourth-order valence-electron chi connectivity index (χ4n) is 3.05. The number of hydrogen-bond donors (Lipinski definition) is 3. The standard InChI is InChI=1S/C21H22ClN7/c1-29(2)12-11-23-20-16(14-7-3-5-9-17(14)22)13-19(26-27-20)24-21-15-8-4-6-10-18(15)25-28-21/h3-10,13H,11-12H2,1-2H3,(H,23,27)(H2,24,25,26,28). The third-order valence-corrected chi connectivity index (χ3v) is 4.86. The predicted octanol–water partition coefficient (Wildman–Crippen LogP) is 4.39. The molecule has 29 heavy (non-hydrogen) atoms. The molecule has 2 aromatic heterocycles. The molecular weight excluding hydrogens is 386 g/mol. The zero-order chi connectivity index (χ0) is 20.2. The van der Waals surface area contributed by atoms with Gasteiger partial charge in [0.2, 0.25) is 0 Å². The Bertz CT molecular complexity index is 1120. The van der Waals surface area contributed by atoms with Crippen molar-refractivity contribution in [3.8, 4) is 11.1 Å². The van der Waals surface area contributed by atoms with E-state index in [2.05, 4.69) is 35.9 Å². The molecule has 0 radical (unpaired) electrons. The quantitative estimate of drug-likeness (QED) is 0.421. The zero-order valence-electron chi connectivity index (χ0n) is 16.3. The number of halogens is 1. The molecule has 3 N–H and O–H groups in total. The number of aromatic amines is 1. The fourth-order valence-corrected chi connectivity index (χ4v) is 3.28. The van der Waals surface area contributed by atoms with Gasteiger partial charge in [0, 0.05) is 34.6 Å². The molecule has 4 aromatic rings. The zero-order valence-corrected chi connectivity index (χ0v) is 17.0. The SMILES string of the molecule is CN(C)CCNc1nnc(Nc2n[nH]c3ccccc23)cc1-c1ccccc1Cl. The van der Waals surface area contributed by atoms with Gasteiger partial charge in [-0.3, -0.25) is 5.10 Å². The van der Waals surface area contributed by atoms with Crippen molar-refractivity contribution in [3.05, 3.63) is 59.6 Å². The minimum atomic E-state index is 0.593. The summed E-state index contributed by atoms with van der Waals surface area (Å²) in [6.07, 6.45) is 0. The first kappa shape index (κ1) is 19.2. The molecule has 0 saturated heterocycles. The average molecular weight is 408 g/mol. The topological polar surface area (TPSA) is 81.8 Å². The fraction of sp³-hybridized carbons (Fsp3) is 0.190. The highest BCUT2D eigenvalue weighted by atomic mass is 35.5. The maximum Gasteiger partial charge on any atom is 0.161 e. The monoisotopic (exact) mass is 407 g/mol. The number of hydrogen-bond acceptors (Lipinski definition) is 6. The number of nitrogens with zero attached hydrogens (tertiary/aromatic N) is 4. The number of anilines is 3. The molecule has 148 valence electrons. The first-order chi connectivity index (χ1) is 14.1. The number of nitrogens with one attached hydrogen (secondary N) is 3. The summed E-state index contributed by atoms with van der Waals surface area (Å²) in [5.74, 6) is 1.99. The molecule has 0 bridgehead atoms. The lowest BCUT2D eigenvalue weighted by Crippen LogP contribution is -2.21. The molecular formula is C21H22ClN7. The highest BCUT2D eigenvalue weighted by Crippen LogP contribution is 2.34. The van der Waals surface area contributed by atoms with E-state index in [1.807, 2.05) is 68.7 Å². The van der Waals surface area contributed by atoms with Crippen LogP contribution < -0.4 is 10.6 Å². The molecule has 0 aliphatic rings. The summed E-state index contributed by atoms with van der Waals surface area (Å²) in [4.78, 5) is 2.11. The van der Waals surface area contributed by atoms with Crippen LogP contribution in [0.4, 0.5) is 17.5 Å². The smallest absolute Gasteiger partial charge is 0.161 e. The van der Waals surface area contributed by atoms with Crippen LogP contribution in [-0.4, -0.2) is 52.5 Å². The van der Waals surface area contributed by atoms with E-state index in [0.29, 0.717) is 22.5 Å². The van der Waals surface area contributed by atoms with E-state index < -0.39 is 0 Å². The van der Waals surface area contributed by atoms with E-state index in [9.17, 15) is 0 Å². The number of para-hydroxylation sites is 1. The molecule has 0 fully saturated rings. The van der Waals surface area contributed by atoms with Gasteiger partial charge in [0.1, 0.15) is 0 Å². The molecule has 7 nitrogen and oxygen atoms in total. The van der Waals surface area contributed by atoms with Crippen molar-refractivity contribution in [3.63, 3.8) is 0 Å². The largest absolute Gasteiger partial charge is 0.367 e. The highest BCUT2D eigenvalue weighted by molar-refractivity contribution is 6.33. The van der Waals surface area contributed by atoms with Gasteiger partial charge in [-0.2, -0.15) is 5.10 Å². The Morgan fingerprint density at radius 3 is 2.59 bits per heavy atom. The predicted molar refractivity (Wildman–Crippen MR) is 119 cm³/mol. The molecule has 0 atom stereocenters. The lowest BCUT2D eigenvalue weighted by atomic mass is 10.1. The van der Waals surface area contributed by atoms with E-state index in [4.69, 9.17) is 11.6 Å². The van der Waals surface area contributed by atoms with Crippen LogP contribution in [-0.2, 0) is 0 Å². The first-order valence-corrected chi connectivity index (χ1v) is 9.71. The van der Waals surface area contributed by atoms with Crippen molar-refractivity contribution < 1.29 is 0 Å². The third-order valence-electron chi connectivity index (χ3n) is 4.53. The molecule has 0 unspecified atom stereocenters. The molecule has 0 amide bonds. The van der Waals surface area contributed by atoms with Gasteiger partial charge in [0.15, 0.2) is 17.5 Å². The van der Waals surface area contributed by atoms with Crippen LogP contribution in [0.3, 0.4) is 0 Å². The summed E-state index contributed by atoms with van der Waals surface area (Å²) in [7, 11) is 4.06. The van der Waals surface area contributed by atoms with Gasteiger partial charge >= 0.3 is 0 Å². The van der Waals surface area contributed by atoms with E-state index in [1.54, 1.807) is 0 Å². The van der Waals surface area contributed by atoms with Crippen LogP contribution in [0.15, 0.2) is 54.6 Å². The van der Waals surface area contributed by atoms with Gasteiger partial charge in [-0.05, 0) is 38.4 Å². The minimum Gasteiger partial charge on any atom is -0.367 e. The third kappa shape index (κ3) is 4.31. The molecule has 0 aliphatic carbocycles. The Balaban J connectivity index is 1.69. The summed E-state index contributed by atoms with van der Waals surface area (Å²) in [6.45, 7) is 1.62. The Morgan fingerprint density at radius 1 is 0.966 bits per heavy atom. The second-order valence-corrected chi connectivity index (χ2v) is 7.35. The van der Waals surface area contributed by atoms with Crippen molar-refractivity contribution in [2.24, 2.45) is 0 Å². The Hall–Kier alpha value is -3.16. The Kier molecular flexibility index (Phi) is 5.59. The maximum atomic E-state index is 6.47. The normalized spacial score (nSPS) is 11.2. The summed E-state index contributed by atoms with van der Waals surface area (Å²) in [6, 6.07) is 17.6. The number of likely N-dealkylation sites (N-methyl/N-ethyl adjacent to an activating group) is 1. The van der Waals surface area contributed by atoms with Crippen molar-refractivity contribution in [1.82, 2.24) is 25.3 Å². The second kappa shape index (κ2) is 8.46. The highest BCUT2D eigenvalue weighted by Gasteiger charge is 2.14. The number of rotatable bonds is 7. The van der Waals surface area contributed by atoms with Crippen molar-refractivity contribution >= 4 is 40.0 Å². The van der Waals surface area contributed by atoms with Crippen LogP contribution in [0.5, 0.6) is 0 Å². The summed E-state index contributed by atoms with van der Waals surface area (Å²) < 4.78 is 0. The molecule has 2 heterocycles. The van der Waals surface area contributed by atoms with Crippen LogP contribution in [0.25, 0.3) is 22.0 Å². The number of fused-ring (bicyclic) bond motifs is 1. The minimum absolute atomic E-state index is 0.593. The average Bonchev–Trinajstić information content (AvgIpc) is 3.12. The Labute approximate surface area is 174 Å².